The molecule has 0 aromatic heterocycles. The molecule has 0 amide bonds. The fourth-order valence-corrected chi connectivity index (χ4v) is 2.67. The Morgan fingerprint density at radius 1 is 0.882 bits per heavy atom. The second kappa shape index (κ2) is 11.1. The Kier molecular flexibility index (Phi) is 11.1. The lowest BCUT2D eigenvalue weighted by Crippen LogP contribution is -2.09. The van der Waals surface area contributed by atoms with Crippen molar-refractivity contribution in [2.75, 3.05) is 0 Å². The molecule has 0 aliphatic carbocycles. The lowest BCUT2D eigenvalue weighted by atomic mass is 9.84. The van der Waals surface area contributed by atoms with E-state index in [9.17, 15) is 0 Å². The molecule has 0 nitrogen and oxygen atoms in total. The summed E-state index contributed by atoms with van der Waals surface area (Å²) in [5, 5.41) is 0. The van der Waals surface area contributed by atoms with Crippen molar-refractivity contribution in [3.63, 3.8) is 0 Å². The van der Waals surface area contributed by atoms with E-state index in [1.165, 1.54) is 57.8 Å². The van der Waals surface area contributed by atoms with Crippen LogP contribution in [-0.4, -0.2) is 0 Å². The SMILES string of the molecule is [CH2]C(C)CC(CCCCCCC)CC(C)CC. The molecular formula is C17H35. The standard InChI is InChI=1S/C17H35/c1-6-8-9-10-11-12-17(13-15(3)4)14-16(5)7-2/h15-17H,3,6-14H2,1-2,4-5H3. The van der Waals surface area contributed by atoms with Crippen molar-refractivity contribution in [2.24, 2.45) is 17.8 Å². The van der Waals surface area contributed by atoms with Gasteiger partial charge in [0.1, 0.15) is 0 Å². The Labute approximate surface area is 111 Å². The van der Waals surface area contributed by atoms with Crippen LogP contribution >= 0.6 is 0 Å². The third-order valence-corrected chi connectivity index (χ3v) is 3.88. The first kappa shape index (κ1) is 17.0. The van der Waals surface area contributed by atoms with Gasteiger partial charge >= 0.3 is 0 Å². The van der Waals surface area contributed by atoms with Crippen molar-refractivity contribution < 1.29 is 0 Å². The van der Waals surface area contributed by atoms with Crippen molar-refractivity contribution in [3.05, 3.63) is 6.92 Å². The molecule has 0 N–H and O–H groups in total. The maximum Gasteiger partial charge on any atom is -0.0409 e. The zero-order chi connectivity index (χ0) is 13.1. The largest absolute Gasteiger partial charge is 0.0654 e. The maximum absolute atomic E-state index is 4.17. The van der Waals surface area contributed by atoms with Gasteiger partial charge in [-0.2, -0.15) is 0 Å². The van der Waals surface area contributed by atoms with E-state index < -0.39 is 0 Å². The Morgan fingerprint density at radius 3 is 2.06 bits per heavy atom. The number of rotatable bonds is 11. The van der Waals surface area contributed by atoms with Gasteiger partial charge in [0.25, 0.3) is 0 Å². The van der Waals surface area contributed by atoms with E-state index in [4.69, 9.17) is 0 Å². The molecule has 0 spiro atoms. The van der Waals surface area contributed by atoms with Gasteiger partial charge in [0.2, 0.25) is 0 Å². The van der Waals surface area contributed by atoms with Crippen LogP contribution in [0.25, 0.3) is 0 Å². The Morgan fingerprint density at radius 2 is 1.53 bits per heavy atom. The third-order valence-electron chi connectivity index (χ3n) is 3.88. The minimum Gasteiger partial charge on any atom is -0.0654 e. The van der Waals surface area contributed by atoms with Crippen LogP contribution in [-0.2, 0) is 0 Å². The zero-order valence-corrected chi connectivity index (χ0v) is 12.8. The van der Waals surface area contributed by atoms with E-state index in [1.54, 1.807) is 0 Å². The van der Waals surface area contributed by atoms with Gasteiger partial charge in [-0.1, -0.05) is 79.6 Å². The van der Waals surface area contributed by atoms with Crippen LogP contribution in [0.5, 0.6) is 0 Å². The zero-order valence-electron chi connectivity index (χ0n) is 12.8. The van der Waals surface area contributed by atoms with Crippen LogP contribution in [0.3, 0.4) is 0 Å². The number of hydrogen-bond acceptors (Lipinski definition) is 0. The molecule has 3 atom stereocenters. The van der Waals surface area contributed by atoms with Gasteiger partial charge in [0, 0.05) is 0 Å². The first-order valence-electron chi connectivity index (χ1n) is 7.93. The maximum atomic E-state index is 4.17. The predicted molar refractivity (Wildman–Crippen MR) is 80.1 cm³/mol. The molecule has 0 saturated carbocycles. The van der Waals surface area contributed by atoms with Gasteiger partial charge in [-0.15, -0.1) is 0 Å². The molecule has 3 unspecified atom stereocenters. The molecule has 103 valence electrons. The van der Waals surface area contributed by atoms with Crippen LogP contribution in [0.1, 0.15) is 85.5 Å². The van der Waals surface area contributed by atoms with Gasteiger partial charge in [-0.05, 0) is 30.6 Å². The van der Waals surface area contributed by atoms with E-state index in [1.807, 2.05) is 0 Å². The molecule has 0 aliphatic rings. The van der Waals surface area contributed by atoms with Crippen LogP contribution in [0.4, 0.5) is 0 Å². The molecule has 0 aromatic carbocycles. The normalized spacial score (nSPS) is 15.2. The molecule has 0 heteroatoms. The van der Waals surface area contributed by atoms with E-state index >= 15 is 0 Å². The van der Waals surface area contributed by atoms with Crippen LogP contribution in [0.2, 0.25) is 0 Å². The average molecular weight is 239 g/mol. The number of hydrogen-bond donors (Lipinski definition) is 0. The Bertz CT molecular complexity index is 148. The van der Waals surface area contributed by atoms with Crippen LogP contribution < -0.4 is 0 Å². The first-order chi connectivity index (χ1) is 8.10. The second-order valence-corrected chi connectivity index (χ2v) is 6.16. The van der Waals surface area contributed by atoms with Crippen molar-refractivity contribution in [3.8, 4) is 0 Å². The monoisotopic (exact) mass is 239 g/mol. The quantitative estimate of drug-likeness (QED) is 0.373. The summed E-state index contributed by atoms with van der Waals surface area (Å²) >= 11 is 0. The molecule has 0 heterocycles. The average Bonchev–Trinajstić information content (AvgIpc) is 2.27. The van der Waals surface area contributed by atoms with Crippen molar-refractivity contribution in [1.82, 2.24) is 0 Å². The molecule has 1 radical (unpaired) electrons. The third kappa shape index (κ3) is 10.9. The van der Waals surface area contributed by atoms with Crippen molar-refractivity contribution >= 4 is 0 Å². The number of unbranched alkanes of at least 4 members (excludes halogenated alkanes) is 4. The summed E-state index contributed by atoms with van der Waals surface area (Å²) in [5.41, 5.74) is 0. The van der Waals surface area contributed by atoms with E-state index in [-0.39, 0.29) is 0 Å². The fourth-order valence-electron chi connectivity index (χ4n) is 2.67. The van der Waals surface area contributed by atoms with Crippen molar-refractivity contribution in [1.29, 1.82) is 0 Å². The highest BCUT2D eigenvalue weighted by molar-refractivity contribution is 4.68. The molecule has 0 aliphatic heterocycles. The molecular weight excluding hydrogens is 204 g/mol. The van der Waals surface area contributed by atoms with E-state index in [0.717, 1.165) is 11.8 Å². The highest BCUT2D eigenvalue weighted by atomic mass is 14.2. The molecule has 0 fully saturated rings. The van der Waals surface area contributed by atoms with E-state index in [0.29, 0.717) is 5.92 Å². The Balaban J connectivity index is 3.76. The topological polar surface area (TPSA) is 0 Å². The summed E-state index contributed by atoms with van der Waals surface area (Å²) in [6.45, 7) is 13.4. The molecule has 0 rings (SSSR count). The van der Waals surface area contributed by atoms with E-state index in [2.05, 4.69) is 34.6 Å². The first-order valence-corrected chi connectivity index (χ1v) is 7.93. The van der Waals surface area contributed by atoms with Gasteiger partial charge in [-0.3, -0.25) is 0 Å². The summed E-state index contributed by atoms with van der Waals surface area (Å²) in [6, 6.07) is 0. The predicted octanol–water partition coefficient (Wildman–Crippen LogP) is 6.26. The molecule has 0 saturated heterocycles. The summed E-state index contributed by atoms with van der Waals surface area (Å²) in [4.78, 5) is 0. The fraction of sp³-hybridized carbons (Fsp3) is 0.941. The lowest BCUT2D eigenvalue weighted by molar-refractivity contribution is 0.311. The van der Waals surface area contributed by atoms with Gasteiger partial charge in [0.05, 0.1) is 0 Å². The van der Waals surface area contributed by atoms with Gasteiger partial charge in [-0.25, -0.2) is 0 Å². The van der Waals surface area contributed by atoms with Crippen LogP contribution in [0.15, 0.2) is 0 Å². The van der Waals surface area contributed by atoms with Crippen LogP contribution in [0, 0.1) is 24.7 Å². The smallest absolute Gasteiger partial charge is 0.0409 e. The Hall–Kier alpha value is 0. The minimum atomic E-state index is 0.625. The molecule has 0 bridgehead atoms. The molecule has 0 aromatic rings. The summed E-state index contributed by atoms with van der Waals surface area (Å²) in [7, 11) is 0. The second-order valence-electron chi connectivity index (χ2n) is 6.16. The minimum absolute atomic E-state index is 0.625. The van der Waals surface area contributed by atoms with Gasteiger partial charge < -0.3 is 0 Å². The highest BCUT2D eigenvalue weighted by Crippen LogP contribution is 2.26. The summed E-state index contributed by atoms with van der Waals surface area (Å²) in [5.74, 6) is 2.45. The molecule has 17 heavy (non-hydrogen) atoms. The van der Waals surface area contributed by atoms with Gasteiger partial charge in [0.15, 0.2) is 0 Å². The lowest BCUT2D eigenvalue weighted by Gasteiger charge is -2.22. The summed E-state index contributed by atoms with van der Waals surface area (Å²) in [6.07, 6.45) is 12.6. The highest BCUT2D eigenvalue weighted by Gasteiger charge is 2.13. The summed E-state index contributed by atoms with van der Waals surface area (Å²) < 4.78 is 0. The van der Waals surface area contributed by atoms with Crippen molar-refractivity contribution in [2.45, 2.75) is 85.5 Å².